The minimum Gasteiger partial charge on any atom is -0.394 e. The van der Waals surface area contributed by atoms with Crippen molar-refractivity contribution in [1.29, 1.82) is 0 Å². The number of hydrogen-bond donors (Lipinski definition) is 2. The third-order valence-electron chi connectivity index (χ3n) is 4.03. The van der Waals surface area contributed by atoms with Gasteiger partial charge in [-0.3, -0.25) is 14.4 Å². The summed E-state index contributed by atoms with van der Waals surface area (Å²) >= 11 is 0. The van der Waals surface area contributed by atoms with E-state index in [-0.39, 0.29) is 25.9 Å². The summed E-state index contributed by atoms with van der Waals surface area (Å²) in [6, 6.07) is -1.11. The largest absolute Gasteiger partial charge is 0.394 e. The maximum Gasteiger partial charge on any atom is 0.242 e. The number of amides is 3. The Labute approximate surface area is 121 Å². The van der Waals surface area contributed by atoms with Gasteiger partial charge < -0.3 is 15.7 Å². The minimum atomic E-state index is -3.63. The average molecular weight is 319 g/mol. The van der Waals surface area contributed by atoms with E-state index in [0.29, 0.717) is 0 Å². The van der Waals surface area contributed by atoms with Crippen LogP contribution in [0.5, 0.6) is 0 Å². The van der Waals surface area contributed by atoms with Crippen molar-refractivity contribution in [1.82, 2.24) is 9.21 Å². The van der Waals surface area contributed by atoms with Crippen LogP contribution in [0.15, 0.2) is 0 Å². The second-order valence-electron chi connectivity index (χ2n) is 5.47. The summed E-state index contributed by atoms with van der Waals surface area (Å²) in [4.78, 5) is 36.4. The molecule has 3 amide bonds. The van der Waals surface area contributed by atoms with Crippen molar-refractivity contribution in [2.75, 3.05) is 26.0 Å². The number of sulfonamides is 1. The van der Waals surface area contributed by atoms with Crippen LogP contribution in [0.4, 0.5) is 0 Å². The predicted molar refractivity (Wildman–Crippen MR) is 70.0 cm³/mol. The van der Waals surface area contributed by atoms with E-state index in [1.165, 1.54) is 0 Å². The first kappa shape index (κ1) is 15.7. The number of hydrogen-bond acceptors (Lipinski definition) is 6. The van der Waals surface area contributed by atoms with Crippen molar-refractivity contribution in [3.8, 4) is 0 Å². The summed E-state index contributed by atoms with van der Waals surface area (Å²) in [6.45, 7) is -0.526. The molecule has 1 spiro atoms. The summed E-state index contributed by atoms with van der Waals surface area (Å²) in [6.07, 6.45) is 0.928. The van der Waals surface area contributed by atoms with E-state index in [1.54, 1.807) is 0 Å². The van der Waals surface area contributed by atoms with Crippen LogP contribution >= 0.6 is 0 Å². The molecule has 0 aliphatic carbocycles. The van der Waals surface area contributed by atoms with Crippen LogP contribution in [0.25, 0.3) is 0 Å². The van der Waals surface area contributed by atoms with Crippen LogP contribution in [0.2, 0.25) is 0 Å². The second-order valence-corrected chi connectivity index (χ2v) is 7.38. The van der Waals surface area contributed by atoms with Gasteiger partial charge in [-0.05, 0) is 6.42 Å². The molecule has 2 aliphatic heterocycles. The molecular formula is C11H17N3O6S. The van der Waals surface area contributed by atoms with Gasteiger partial charge in [0, 0.05) is 19.5 Å². The topological polar surface area (TPSA) is 138 Å². The molecule has 2 atom stereocenters. The van der Waals surface area contributed by atoms with Crippen LogP contribution in [-0.2, 0) is 24.4 Å². The Morgan fingerprint density at radius 1 is 1.48 bits per heavy atom. The van der Waals surface area contributed by atoms with Gasteiger partial charge in [0.05, 0.1) is 18.3 Å². The molecule has 2 saturated heterocycles. The molecule has 9 nitrogen and oxygen atoms in total. The van der Waals surface area contributed by atoms with E-state index in [0.717, 1.165) is 15.5 Å². The van der Waals surface area contributed by atoms with Crippen molar-refractivity contribution >= 4 is 27.7 Å². The Hall–Kier alpha value is -1.68. The third-order valence-corrected chi connectivity index (χ3v) is 5.21. The number of β-lactam (4-membered cyclic amide) rings is 1. The number of rotatable bonds is 4. The molecule has 0 aromatic rings. The van der Waals surface area contributed by atoms with Gasteiger partial charge in [0.25, 0.3) is 0 Å². The summed E-state index contributed by atoms with van der Waals surface area (Å²) in [5.41, 5.74) is 4.13. The average Bonchev–Trinajstić information content (AvgIpc) is 2.36. The quantitative estimate of drug-likeness (QED) is 0.538. The van der Waals surface area contributed by atoms with Gasteiger partial charge in [0.15, 0.2) is 0 Å². The summed E-state index contributed by atoms with van der Waals surface area (Å²) in [5, 5.41) is 9.09. The number of likely N-dealkylation sites (tertiary alicyclic amines) is 1. The summed E-state index contributed by atoms with van der Waals surface area (Å²) in [5.74, 6) is -1.89. The van der Waals surface area contributed by atoms with Crippen molar-refractivity contribution in [3.05, 3.63) is 0 Å². The van der Waals surface area contributed by atoms with Gasteiger partial charge in [-0.1, -0.05) is 0 Å². The molecule has 0 bridgehead atoms. The SMILES string of the molecule is CS(=O)(=O)N1CCC2(CC1=O)CN([C@@H](CO)C(N)=O)C2=O. The predicted octanol–water partition coefficient (Wildman–Crippen LogP) is -2.76. The Bertz CT molecular complexity index is 603. The molecule has 10 heteroatoms. The Kier molecular flexibility index (Phi) is 3.70. The van der Waals surface area contributed by atoms with E-state index in [9.17, 15) is 22.8 Å². The number of nitrogens with two attached hydrogens (primary N) is 1. The van der Waals surface area contributed by atoms with Crippen LogP contribution in [0, 0.1) is 5.41 Å². The van der Waals surface area contributed by atoms with Crippen molar-refractivity contribution < 1.29 is 27.9 Å². The van der Waals surface area contributed by atoms with Gasteiger partial charge in [-0.25, -0.2) is 12.7 Å². The van der Waals surface area contributed by atoms with Crippen molar-refractivity contribution in [2.45, 2.75) is 18.9 Å². The fourth-order valence-corrected chi connectivity index (χ4v) is 3.70. The van der Waals surface area contributed by atoms with Crippen LogP contribution in [-0.4, -0.2) is 72.4 Å². The standard InChI is InChI=1S/C11H17N3O6S/c1-21(19,20)14-3-2-11(4-8(14)16)6-13(10(11)18)7(5-15)9(12)17/h7,15H,2-6H2,1H3,(H2,12,17)/t7-,11?/m0/s1. The number of carbonyl (C=O) groups excluding carboxylic acids is 3. The summed E-state index contributed by atoms with van der Waals surface area (Å²) < 4.78 is 23.6. The molecular weight excluding hydrogens is 302 g/mol. The van der Waals surface area contributed by atoms with E-state index in [4.69, 9.17) is 10.8 Å². The number of aliphatic hydroxyl groups excluding tert-OH is 1. The fraction of sp³-hybridized carbons (Fsp3) is 0.727. The minimum absolute atomic E-state index is 0.0579. The van der Waals surface area contributed by atoms with Gasteiger partial charge in [-0.15, -0.1) is 0 Å². The molecule has 2 heterocycles. The molecule has 21 heavy (non-hydrogen) atoms. The zero-order valence-corrected chi connectivity index (χ0v) is 12.3. The first-order valence-corrected chi connectivity index (χ1v) is 8.19. The lowest BCUT2D eigenvalue weighted by Crippen LogP contribution is -2.70. The number of nitrogens with zero attached hydrogens (tertiary/aromatic N) is 2. The number of carbonyl (C=O) groups is 3. The molecule has 0 radical (unpaired) electrons. The number of aliphatic hydroxyl groups is 1. The van der Waals surface area contributed by atoms with E-state index < -0.39 is 45.8 Å². The summed E-state index contributed by atoms with van der Waals surface area (Å²) in [7, 11) is -3.63. The zero-order chi connectivity index (χ0) is 16.0. The smallest absolute Gasteiger partial charge is 0.242 e. The molecule has 2 aliphatic rings. The molecule has 118 valence electrons. The highest BCUT2D eigenvalue weighted by atomic mass is 32.2. The molecule has 1 unspecified atom stereocenters. The molecule has 0 aromatic carbocycles. The van der Waals surface area contributed by atoms with E-state index in [1.807, 2.05) is 0 Å². The lowest BCUT2D eigenvalue weighted by molar-refractivity contribution is -0.175. The maximum absolute atomic E-state index is 12.2. The lowest BCUT2D eigenvalue weighted by Gasteiger charge is -2.53. The van der Waals surface area contributed by atoms with Crippen LogP contribution < -0.4 is 5.73 Å². The maximum atomic E-state index is 12.2. The Morgan fingerprint density at radius 3 is 2.48 bits per heavy atom. The molecule has 0 aromatic heterocycles. The zero-order valence-electron chi connectivity index (χ0n) is 11.5. The monoisotopic (exact) mass is 319 g/mol. The molecule has 2 rings (SSSR count). The highest BCUT2D eigenvalue weighted by Gasteiger charge is 2.58. The van der Waals surface area contributed by atoms with Gasteiger partial charge in [0.1, 0.15) is 6.04 Å². The highest BCUT2D eigenvalue weighted by molar-refractivity contribution is 7.88. The Morgan fingerprint density at radius 2 is 2.10 bits per heavy atom. The van der Waals surface area contributed by atoms with Crippen LogP contribution in [0.1, 0.15) is 12.8 Å². The first-order chi connectivity index (χ1) is 9.62. The Balaban J connectivity index is 2.11. The normalized spacial score (nSPS) is 27.7. The van der Waals surface area contributed by atoms with Gasteiger partial charge in [-0.2, -0.15) is 0 Å². The van der Waals surface area contributed by atoms with Crippen molar-refractivity contribution in [3.63, 3.8) is 0 Å². The number of piperidine rings is 1. The molecule has 2 fully saturated rings. The van der Waals surface area contributed by atoms with Gasteiger partial charge in [0.2, 0.25) is 27.7 Å². The van der Waals surface area contributed by atoms with E-state index >= 15 is 0 Å². The van der Waals surface area contributed by atoms with Crippen molar-refractivity contribution in [2.24, 2.45) is 11.1 Å². The molecule has 0 saturated carbocycles. The molecule has 3 N–H and O–H groups in total. The first-order valence-electron chi connectivity index (χ1n) is 6.34. The number of primary amides is 1. The van der Waals surface area contributed by atoms with E-state index in [2.05, 4.69) is 0 Å². The second kappa shape index (κ2) is 4.95. The van der Waals surface area contributed by atoms with Gasteiger partial charge >= 0.3 is 0 Å². The van der Waals surface area contributed by atoms with Crippen LogP contribution in [0.3, 0.4) is 0 Å². The highest BCUT2D eigenvalue weighted by Crippen LogP contribution is 2.43. The third kappa shape index (κ3) is 2.48. The fourth-order valence-electron chi connectivity index (χ4n) is 2.85. The lowest BCUT2D eigenvalue weighted by atomic mass is 9.70.